The van der Waals surface area contributed by atoms with Gasteiger partial charge in [-0.15, -0.1) is 0 Å². The van der Waals surface area contributed by atoms with Crippen molar-refractivity contribution in [2.75, 3.05) is 13.2 Å². The molecule has 3 nitrogen and oxygen atoms in total. The van der Waals surface area contributed by atoms with E-state index in [4.69, 9.17) is 4.74 Å². The van der Waals surface area contributed by atoms with Gasteiger partial charge in [0.15, 0.2) is 0 Å². The molecule has 3 heteroatoms. The summed E-state index contributed by atoms with van der Waals surface area (Å²) in [6.45, 7) is 5.67. The Hall–Kier alpha value is -0.960. The second kappa shape index (κ2) is 9.04. The average molecular weight is 154 g/mol. The monoisotopic (exact) mass is 154 g/mol. The average Bonchev–Trinajstić information content (AvgIpc) is 2.10. The molecule has 0 spiro atoms. The van der Waals surface area contributed by atoms with Crippen LogP contribution in [0.25, 0.3) is 0 Å². The van der Waals surface area contributed by atoms with E-state index in [0.29, 0.717) is 0 Å². The van der Waals surface area contributed by atoms with Crippen LogP contribution >= 0.6 is 0 Å². The highest BCUT2D eigenvalue weighted by molar-refractivity contribution is 4.79. The van der Waals surface area contributed by atoms with E-state index in [-0.39, 0.29) is 0 Å². The molecule has 0 N–H and O–H groups in total. The molecule has 62 valence electrons. The Morgan fingerprint density at radius 1 is 1.00 bits per heavy atom. The highest BCUT2D eigenvalue weighted by atomic mass is 16.5. The van der Waals surface area contributed by atoms with Gasteiger partial charge in [0, 0.05) is 25.6 Å². The van der Waals surface area contributed by atoms with E-state index in [1.165, 1.54) is 0 Å². The van der Waals surface area contributed by atoms with E-state index in [2.05, 4.69) is 10.2 Å². The molecule has 0 atom stereocenters. The lowest BCUT2D eigenvalue weighted by atomic mass is 10.6. The summed E-state index contributed by atoms with van der Waals surface area (Å²) in [5.74, 6) is 0. The molecule has 0 aliphatic rings. The predicted octanol–water partition coefficient (Wildman–Crippen LogP) is 1.52. The Morgan fingerprint density at radius 2 is 1.45 bits per heavy atom. The van der Waals surface area contributed by atoms with Crippen LogP contribution in [0.5, 0.6) is 0 Å². The molecule has 1 heterocycles. The van der Waals surface area contributed by atoms with Crippen molar-refractivity contribution in [1.82, 2.24) is 10.2 Å². The Morgan fingerprint density at radius 3 is 1.55 bits per heavy atom. The summed E-state index contributed by atoms with van der Waals surface area (Å²) in [4.78, 5) is 0. The van der Waals surface area contributed by atoms with Gasteiger partial charge >= 0.3 is 0 Å². The fraction of sp³-hybridized carbons (Fsp3) is 0.500. The van der Waals surface area contributed by atoms with Crippen molar-refractivity contribution in [3.63, 3.8) is 0 Å². The number of aromatic nitrogens is 2. The molecule has 0 saturated carbocycles. The standard InChI is InChI=1S/C4H4N2.C4H10O/c1-2-4-6-5-3-1;1-3-5-4-2/h1-4H;3-4H2,1-2H3. The Balaban J connectivity index is 0.000000187. The van der Waals surface area contributed by atoms with Crippen LogP contribution < -0.4 is 0 Å². The van der Waals surface area contributed by atoms with Crippen LogP contribution in [0, 0.1) is 0 Å². The quantitative estimate of drug-likeness (QED) is 0.647. The number of ether oxygens (including phenoxy) is 1. The van der Waals surface area contributed by atoms with E-state index in [1.54, 1.807) is 12.4 Å². The Kier molecular flexibility index (Phi) is 8.25. The second-order valence-corrected chi connectivity index (χ2v) is 1.70. The molecule has 0 aromatic carbocycles. The maximum atomic E-state index is 4.83. The number of hydrogen-bond donors (Lipinski definition) is 0. The van der Waals surface area contributed by atoms with Crippen molar-refractivity contribution >= 4 is 0 Å². The molecule has 0 bridgehead atoms. The predicted molar refractivity (Wildman–Crippen MR) is 44.2 cm³/mol. The zero-order valence-electron chi connectivity index (χ0n) is 7.03. The lowest BCUT2D eigenvalue weighted by Crippen LogP contribution is -1.84. The SMILES string of the molecule is CCOCC.c1ccnnc1. The van der Waals surface area contributed by atoms with Gasteiger partial charge < -0.3 is 4.74 Å². The summed E-state index contributed by atoms with van der Waals surface area (Å²) in [5, 5.41) is 7.07. The van der Waals surface area contributed by atoms with E-state index < -0.39 is 0 Å². The van der Waals surface area contributed by atoms with Gasteiger partial charge in [-0.2, -0.15) is 10.2 Å². The Bertz CT molecular complexity index is 115. The third-order valence-corrected chi connectivity index (χ3v) is 0.891. The lowest BCUT2D eigenvalue weighted by Gasteiger charge is -1.86. The van der Waals surface area contributed by atoms with Crippen LogP contribution in [-0.4, -0.2) is 23.4 Å². The Labute approximate surface area is 67.4 Å². The largest absolute Gasteiger partial charge is 0.382 e. The topological polar surface area (TPSA) is 35.0 Å². The molecule has 0 amide bonds. The third-order valence-electron chi connectivity index (χ3n) is 0.891. The number of rotatable bonds is 2. The van der Waals surface area contributed by atoms with Gasteiger partial charge in [0.05, 0.1) is 0 Å². The van der Waals surface area contributed by atoms with Crippen LogP contribution in [0.15, 0.2) is 24.5 Å². The van der Waals surface area contributed by atoms with E-state index in [0.717, 1.165) is 13.2 Å². The van der Waals surface area contributed by atoms with Gasteiger partial charge in [0.1, 0.15) is 0 Å². The van der Waals surface area contributed by atoms with Crippen molar-refractivity contribution in [2.24, 2.45) is 0 Å². The van der Waals surface area contributed by atoms with Crippen LogP contribution in [0.1, 0.15) is 13.8 Å². The second-order valence-electron chi connectivity index (χ2n) is 1.70. The van der Waals surface area contributed by atoms with Gasteiger partial charge in [-0.3, -0.25) is 0 Å². The molecule has 1 aromatic heterocycles. The summed E-state index contributed by atoms with van der Waals surface area (Å²) >= 11 is 0. The first kappa shape index (κ1) is 10.0. The molecular formula is C8H14N2O. The molecule has 0 aliphatic carbocycles. The number of nitrogens with zero attached hydrogens (tertiary/aromatic N) is 2. The van der Waals surface area contributed by atoms with E-state index in [9.17, 15) is 0 Å². The minimum Gasteiger partial charge on any atom is -0.382 e. The molecule has 0 radical (unpaired) electrons. The van der Waals surface area contributed by atoms with Gasteiger partial charge in [-0.25, -0.2) is 0 Å². The van der Waals surface area contributed by atoms with Crippen molar-refractivity contribution in [3.05, 3.63) is 24.5 Å². The van der Waals surface area contributed by atoms with Gasteiger partial charge in [-0.05, 0) is 26.0 Å². The highest BCUT2D eigenvalue weighted by Gasteiger charge is 1.64. The van der Waals surface area contributed by atoms with Gasteiger partial charge in [0.2, 0.25) is 0 Å². The van der Waals surface area contributed by atoms with Crippen molar-refractivity contribution in [1.29, 1.82) is 0 Å². The lowest BCUT2D eigenvalue weighted by molar-refractivity contribution is 0.162. The van der Waals surface area contributed by atoms with Crippen molar-refractivity contribution < 1.29 is 4.74 Å². The third kappa shape index (κ3) is 9.04. The van der Waals surface area contributed by atoms with E-state index in [1.807, 2.05) is 26.0 Å². The smallest absolute Gasteiger partial charge is 0.0496 e. The van der Waals surface area contributed by atoms with E-state index >= 15 is 0 Å². The molecule has 11 heavy (non-hydrogen) atoms. The van der Waals surface area contributed by atoms with Gasteiger partial charge in [0.25, 0.3) is 0 Å². The molecule has 0 unspecified atom stereocenters. The summed E-state index contributed by atoms with van der Waals surface area (Å²) in [5.41, 5.74) is 0. The maximum absolute atomic E-state index is 4.83. The minimum absolute atomic E-state index is 0.844. The van der Waals surface area contributed by atoms with Crippen LogP contribution in [0.4, 0.5) is 0 Å². The first-order valence-corrected chi connectivity index (χ1v) is 3.71. The molecule has 0 saturated heterocycles. The molecule has 0 fully saturated rings. The summed E-state index contributed by atoms with van der Waals surface area (Å²) in [7, 11) is 0. The maximum Gasteiger partial charge on any atom is 0.0496 e. The van der Waals surface area contributed by atoms with Crippen molar-refractivity contribution in [2.45, 2.75) is 13.8 Å². The summed E-state index contributed by atoms with van der Waals surface area (Å²) in [6, 6.07) is 3.65. The van der Waals surface area contributed by atoms with Gasteiger partial charge in [-0.1, -0.05) is 0 Å². The first-order valence-electron chi connectivity index (χ1n) is 3.71. The van der Waals surface area contributed by atoms with Crippen LogP contribution in [0.3, 0.4) is 0 Å². The normalized spacial score (nSPS) is 8.18. The highest BCUT2D eigenvalue weighted by Crippen LogP contribution is 1.68. The molecule has 1 rings (SSSR count). The van der Waals surface area contributed by atoms with Crippen LogP contribution in [-0.2, 0) is 4.74 Å². The number of hydrogen-bond acceptors (Lipinski definition) is 3. The van der Waals surface area contributed by atoms with Crippen LogP contribution in [0.2, 0.25) is 0 Å². The molecule has 0 aliphatic heterocycles. The summed E-state index contributed by atoms with van der Waals surface area (Å²) in [6.07, 6.45) is 3.28. The zero-order valence-corrected chi connectivity index (χ0v) is 7.03. The molecule has 1 aromatic rings. The fourth-order valence-electron chi connectivity index (χ4n) is 0.457. The fourth-order valence-corrected chi connectivity index (χ4v) is 0.457. The minimum atomic E-state index is 0.844. The van der Waals surface area contributed by atoms with Crippen molar-refractivity contribution in [3.8, 4) is 0 Å². The first-order chi connectivity index (χ1) is 5.41. The zero-order chi connectivity index (χ0) is 8.36. The molecular weight excluding hydrogens is 140 g/mol. The summed E-state index contributed by atoms with van der Waals surface area (Å²) < 4.78 is 4.83.